The molecule has 0 spiro atoms. The average molecular weight is 266 g/mol. The SMILES string of the molecule is CC(=O)Cn1c(-c2ccc(C)cc2)ccc(C#N)c1=O. The Balaban J connectivity index is 2.67. The second kappa shape index (κ2) is 5.54. The summed E-state index contributed by atoms with van der Waals surface area (Å²) < 4.78 is 1.35. The van der Waals surface area contributed by atoms with Crippen LogP contribution in [0.4, 0.5) is 0 Å². The van der Waals surface area contributed by atoms with Gasteiger partial charge in [-0.2, -0.15) is 5.26 Å². The molecule has 0 saturated heterocycles. The van der Waals surface area contributed by atoms with Crippen LogP contribution in [0.3, 0.4) is 0 Å². The van der Waals surface area contributed by atoms with Crippen molar-refractivity contribution < 1.29 is 4.79 Å². The van der Waals surface area contributed by atoms with Crippen molar-refractivity contribution in [2.75, 3.05) is 0 Å². The molecule has 0 bridgehead atoms. The van der Waals surface area contributed by atoms with Gasteiger partial charge in [-0.05, 0) is 31.5 Å². The van der Waals surface area contributed by atoms with Gasteiger partial charge in [-0.1, -0.05) is 29.8 Å². The summed E-state index contributed by atoms with van der Waals surface area (Å²) in [6, 6.07) is 12.7. The van der Waals surface area contributed by atoms with Crippen molar-refractivity contribution in [2.24, 2.45) is 0 Å². The molecule has 2 rings (SSSR count). The fraction of sp³-hybridized carbons (Fsp3) is 0.188. The summed E-state index contributed by atoms with van der Waals surface area (Å²) in [5.74, 6) is -0.129. The number of aryl methyl sites for hydroxylation is 1. The first-order valence-electron chi connectivity index (χ1n) is 6.23. The zero-order valence-corrected chi connectivity index (χ0v) is 11.4. The summed E-state index contributed by atoms with van der Waals surface area (Å²) in [6.07, 6.45) is 0. The summed E-state index contributed by atoms with van der Waals surface area (Å²) in [5.41, 5.74) is 2.22. The molecular weight excluding hydrogens is 252 g/mol. The third-order valence-corrected chi connectivity index (χ3v) is 3.02. The molecule has 0 unspecified atom stereocenters. The number of carbonyl (C=O) groups is 1. The van der Waals surface area contributed by atoms with E-state index in [9.17, 15) is 9.59 Å². The molecule has 2 aromatic rings. The second-order valence-electron chi connectivity index (χ2n) is 4.70. The van der Waals surface area contributed by atoms with Crippen LogP contribution in [0.25, 0.3) is 11.3 Å². The van der Waals surface area contributed by atoms with Crippen molar-refractivity contribution in [1.82, 2.24) is 4.57 Å². The Morgan fingerprint density at radius 3 is 2.40 bits per heavy atom. The quantitative estimate of drug-likeness (QED) is 0.856. The fourth-order valence-electron chi connectivity index (χ4n) is 2.02. The number of benzene rings is 1. The predicted molar refractivity (Wildman–Crippen MR) is 76.3 cm³/mol. The van der Waals surface area contributed by atoms with Gasteiger partial charge < -0.3 is 0 Å². The van der Waals surface area contributed by atoms with E-state index in [0.29, 0.717) is 5.69 Å². The molecule has 0 aliphatic carbocycles. The number of Topliss-reactive ketones (excluding diaryl/α,β-unsaturated/α-hetero) is 1. The van der Waals surface area contributed by atoms with Gasteiger partial charge >= 0.3 is 0 Å². The number of pyridine rings is 1. The molecule has 0 N–H and O–H groups in total. The van der Waals surface area contributed by atoms with Crippen LogP contribution >= 0.6 is 0 Å². The normalized spacial score (nSPS) is 10.1. The molecule has 0 aliphatic heterocycles. The van der Waals surface area contributed by atoms with Crippen molar-refractivity contribution in [1.29, 1.82) is 5.26 Å². The van der Waals surface area contributed by atoms with Crippen LogP contribution in [0.1, 0.15) is 18.1 Å². The van der Waals surface area contributed by atoms with Gasteiger partial charge in [0.2, 0.25) is 0 Å². The van der Waals surface area contributed by atoms with Gasteiger partial charge in [-0.3, -0.25) is 14.2 Å². The van der Waals surface area contributed by atoms with Crippen LogP contribution < -0.4 is 5.56 Å². The van der Waals surface area contributed by atoms with Gasteiger partial charge in [0.05, 0.1) is 12.2 Å². The van der Waals surface area contributed by atoms with Gasteiger partial charge in [0.15, 0.2) is 0 Å². The molecular formula is C16H14N2O2. The Kier molecular flexibility index (Phi) is 3.81. The van der Waals surface area contributed by atoms with Gasteiger partial charge in [0.1, 0.15) is 17.4 Å². The van der Waals surface area contributed by atoms with Gasteiger partial charge in [0, 0.05) is 0 Å². The van der Waals surface area contributed by atoms with E-state index in [0.717, 1.165) is 11.1 Å². The van der Waals surface area contributed by atoms with E-state index in [1.165, 1.54) is 17.6 Å². The van der Waals surface area contributed by atoms with E-state index in [1.807, 2.05) is 37.3 Å². The molecule has 0 atom stereocenters. The summed E-state index contributed by atoms with van der Waals surface area (Å²) in [4.78, 5) is 23.5. The highest BCUT2D eigenvalue weighted by Crippen LogP contribution is 2.19. The smallest absolute Gasteiger partial charge is 0.269 e. The monoisotopic (exact) mass is 266 g/mol. The molecule has 0 amide bonds. The van der Waals surface area contributed by atoms with Crippen LogP contribution in [0.15, 0.2) is 41.2 Å². The highest BCUT2D eigenvalue weighted by molar-refractivity contribution is 5.76. The molecule has 4 nitrogen and oxygen atoms in total. The minimum Gasteiger partial charge on any atom is -0.300 e. The zero-order chi connectivity index (χ0) is 14.7. The molecule has 20 heavy (non-hydrogen) atoms. The summed E-state index contributed by atoms with van der Waals surface area (Å²) in [5, 5.41) is 8.93. The third-order valence-electron chi connectivity index (χ3n) is 3.02. The molecule has 0 radical (unpaired) electrons. The van der Waals surface area contributed by atoms with Crippen LogP contribution in [0.2, 0.25) is 0 Å². The molecule has 1 heterocycles. The van der Waals surface area contributed by atoms with E-state index in [2.05, 4.69) is 0 Å². The Morgan fingerprint density at radius 2 is 1.85 bits per heavy atom. The maximum absolute atomic E-state index is 12.2. The zero-order valence-electron chi connectivity index (χ0n) is 11.4. The molecule has 1 aromatic carbocycles. The number of rotatable bonds is 3. The predicted octanol–water partition coefficient (Wildman–Crippen LogP) is 2.28. The lowest BCUT2D eigenvalue weighted by atomic mass is 10.1. The van der Waals surface area contributed by atoms with Gasteiger partial charge in [-0.15, -0.1) is 0 Å². The molecule has 0 aliphatic rings. The lowest BCUT2D eigenvalue weighted by molar-refractivity contribution is -0.117. The number of nitrogens with zero attached hydrogens (tertiary/aromatic N) is 2. The maximum Gasteiger partial charge on any atom is 0.269 e. The van der Waals surface area contributed by atoms with E-state index >= 15 is 0 Å². The van der Waals surface area contributed by atoms with E-state index in [4.69, 9.17) is 5.26 Å². The Hall–Kier alpha value is -2.67. The van der Waals surface area contributed by atoms with Crippen molar-refractivity contribution in [3.8, 4) is 17.3 Å². The van der Waals surface area contributed by atoms with E-state index < -0.39 is 5.56 Å². The number of nitriles is 1. The minimum atomic E-state index is -0.430. The topological polar surface area (TPSA) is 62.9 Å². The Bertz CT molecular complexity index is 750. The van der Waals surface area contributed by atoms with Gasteiger partial charge in [-0.25, -0.2) is 0 Å². The third kappa shape index (κ3) is 2.67. The van der Waals surface area contributed by atoms with Crippen LogP contribution in [-0.4, -0.2) is 10.4 Å². The first kappa shape index (κ1) is 13.8. The summed E-state index contributed by atoms with van der Waals surface area (Å²) in [7, 11) is 0. The van der Waals surface area contributed by atoms with Crippen molar-refractivity contribution in [3.05, 3.63) is 57.9 Å². The van der Waals surface area contributed by atoms with Gasteiger partial charge in [0.25, 0.3) is 5.56 Å². The first-order valence-corrected chi connectivity index (χ1v) is 6.23. The van der Waals surface area contributed by atoms with Crippen molar-refractivity contribution >= 4 is 5.78 Å². The molecule has 0 saturated carbocycles. The number of aromatic nitrogens is 1. The molecule has 1 aromatic heterocycles. The summed E-state index contributed by atoms with van der Waals surface area (Å²) in [6.45, 7) is 3.37. The fourth-order valence-corrected chi connectivity index (χ4v) is 2.02. The summed E-state index contributed by atoms with van der Waals surface area (Å²) >= 11 is 0. The standard InChI is InChI=1S/C16H14N2O2/c1-11-3-5-13(6-4-11)15-8-7-14(9-17)16(20)18(15)10-12(2)19/h3-8H,10H2,1-2H3. The second-order valence-corrected chi connectivity index (χ2v) is 4.70. The lowest BCUT2D eigenvalue weighted by Crippen LogP contribution is -2.26. The number of ketones is 1. The largest absolute Gasteiger partial charge is 0.300 e. The maximum atomic E-state index is 12.2. The Morgan fingerprint density at radius 1 is 1.20 bits per heavy atom. The minimum absolute atomic E-state index is 0.0302. The van der Waals surface area contributed by atoms with E-state index in [1.54, 1.807) is 6.07 Å². The molecule has 0 fully saturated rings. The van der Waals surface area contributed by atoms with Crippen molar-refractivity contribution in [3.63, 3.8) is 0 Å². The van der Waals surface area contributed by atoms with E-state index in [-0.39, 0.29) is 17.9 Å². The highest BCUT2D eigenvalue weighted by atomic mass is 16.1. The number of carbonyl (C=O) groups excluding carboxylic acids is 1. The highest BCUT2D eigenvalue weighted by Gasteiger charge is 2.11. The van der Waals surface area contributed by atoms with Crippen LogP contribution in [-0.2, 0) is 11.3 Å². The number of hydrogen-bond donors (Lipinski definition) is 0. The van der Waals surface area contributed by atoms with Crippen molar-refractivity contribution in [2.45, 2.75) is 20.4 Å². The molecule has 100 valence electrons. The lowest BCUT2D eigenvalue weighted by Gasteiger charge is -2.12. The number of hydrogen-bond acceptors (Lipinski definition) is 3. The molecule has 4 heteroatoms. The average Bonchev–Trinajstić information content (AvgIpc) is 2.42. The Labute approximate surface area is 116 Å². The van der Waals surface area contributed by atoms with Crippen LogP contribution in [0.5, 0.6) is 0 Å². The first-order chi connectivity index (χ1) is 9.52. The van der Waals surface area contributed by atoms with Crippen LogP contribution in [0, 0.1) is 18.3 Å².